The number of ether oxygens (including phenoxy) is 1. The van der Waals surface area contributed by atoms with Gasteiger partial charge < -0.3 is 10.1 Å². The second-order valence-corrected chi connectivity index (χ2v) is 5.31. The minimum absolute atomic E-state index is 0.102. The molecule has 19 heavy (non-hydrogen) atoms. The van der Waals surface area contributed by atoms with Crippen LogP contribution in [-0.2, 0) is 4.74 Å². The van der Waals surface area contributed by atoms with Gasteiger partial charge in [0.05, 0.1) is 0 Å². The lowest BCUT2D eigenvalue weighted by Crippen LogP contribution is -2.23. The summed E-state index contributed by atoms with van der Waals surface area (Å²) >= 11 is 0. The molecule has 1 aromatic rings. The summed E-state index contributed by atoms with van der Waals surface area (Å²) in [4.78, 5) is 0. The van der Waals surface area contributed by atoms with Crippen molar-refractivity contribution in [1.82, 2.24) is 5.32 Å². The number of nitrogens with one attached hydrogen (secondary N) is 1. The van der Waals surface area contributed by atoms with Crippen molar-refractivity contribution in [3.05, 3.63) is 35.6 Å². The summed E-state index contributed by atoms with van der Waals surface area (Å²) in [7, 11) is 0. The second-order valence-electron chi connectivity index (χ2n) is 5.31. The minimum atomic E-state index is -0.119. The summed E-state index contributed by atoms with van der Waals surface area (Å²) in [5, 5.41) is 3.41. The van der Waals surface area contributed by atoms with Crippen molar-refractivity contribution in [2.75, 3.05) is 19.8 Å². The highest BCUT2D eigenvalue weighted by atomic mass is 19.1. The van der Waals surface area contributed by atoms with Gasteiger partial charge in [-0.3, -0.25) is 0 Å². The van der Waals surface area contributed by atoms with Gasteiger partial charge in [0, 0.05) is 24.8 Å². The Balaban J connectivity index is 1.65. The fourth-order valence-corrected chi connectivity index (χ4v) is 2.22. The van der Waals surface area contributed by atoms with Crippen LogP contribution < -0.4 is 5.32 Å². The molecule has 0 spiro atoms. The van der Waals surface area contributed by atoms with Crippen LogP contribution in [0.3, 0.4) is 0 Å². The molecule has 1 aliphatic rings. The molecule has 0 aromatic heterocycles. The molecule has 1 aliphatic carbocycles. The van der Waals surface area contributed by atoms with Gasteiger partial charge in [0.25, 0.3) is 0 Å². The molecule has 1 unspecified atom stereocenters. The molecule has 0 radical (unpaired) electrons. The zero-order chi connectivity index (χ0) is 13.5. The van der Waals surface area contributed by atoms with Gasteiger partial charge in [-0.15, -0.1) is 0 Å². The summed E-state index contributed by atoms with van der Waals surface area (Å²) in [5.41, 5.74) is 0.767. The molecule has 2 rings (SSSR count). The van der Waals surface area contributed by atoms with Crippen LogP contribution in [0, 0.1) is 11.7 Å². The lowest BCUT2D eigenvalue weighted by Gasteiger charge is -2.18. The Morgan fingerprint density at radius 2 is 2.16 bits per heavy atom. The largest absolute Gasteiger partial charge is 0.381 e. The third-order valence-corrected chi connectivity index (χ3v) is 3.60. The normalized spacial score (nSPS) is 16.5. The Labute approximate surface area is 115 Å². The molecule has 3 heteroatoms. The number of rotatable bonds is 9. The van der Waals surface area contributed by atoms with Gasteiger partial charge >= 0.3 is 0 Å². The van der Waals surface area contributed by atoms with E-state index in [1.54, 1.807) is 6.07 Å². The Hall–Kier alpha value is -0.930. The predicted octanol–water partition coefficient (Wildman–Crippen LogP) is 3.68. The number of hydrogen-bond donors (Lipinski definition) is 1. The predicted molar refractivity (Wildman–Crippen MR) is 75.6 cm³/mol. The van der Waals surface area contributed by atoms with Crippen molar-refractivity contribution in [2.24, 2.45) is 5.92 Å². The zero-order valence-corrected chi connectivity index (χ0v) is 11.7. The molecule has 1 saturated carbocycles. The van der Waals surface area contributed by atoms with E-state index < -0.39 is 0 Å². The average molecular weight is 265 g/mol. The fourth-order valence-electron chi connectivity index (χ4n) is 2.22. The molecule has 1 fully saturated rings. The van der Waals surface area contributed by atoms with Gasteiger partial charge in [-0.05, 0) is 44.2 Å². The zero-order valence-electron chi connectivity index (χ0n) is 11.7. The SMILES string of the molecule is CCC(NCCCOCC1CC1)c1ccccc1F. The molecule has 1 aromatic carbocycles. The van der Waals surface area contributed by atoms with E-state index in [2.05, 4.69) is 12.2 Å². The van der Waals surface area contributed by atoms with Crippen molar-refractivity contribution < 1.29 is 9.13 Å². The van der Waals surface area contributed by atoms with Crippen LogP contribution in [-0.4, -0.2) is 19.8 Å². The van der Waals surface area contributed by atoms with E-state index in [9.17, 15) is 4.39 Å². The molecule has 2 nitrogen and oxygen atoms in total. The highest BCUT2D eigenvalue weighted by Crippen LogP contribution is 2.28. The highest BCUT2D eigenvalue weighted by molar-refractivity contribution is 5.20. The van der Waals surface area contributed by atoms with Crippen LogP contribution in [0.5, 0.6) is 0 Å². The maximum Gasteiger partial charge on any atom is 0.127 e. The molecular weight excluding hydrogens is 241 g/mol. The molecule has 106 valence electrons. The van der Waals surface area contributed by atoms with Crippen LogP contribution in [0.2, 0.25) is 0 Å². The molecular formula is C16H24FNO. The van der Waals surface area contributed by atoms with Gasteiger partial charge in [-0.2, -0.15) is 0 Å². The van der Waals surface area contributed by atoms with Crippen LogP contribution in [0.15, 0.2) is 24.3 Å². The van der Waals surface area contributed by atoms with Crippen molar-refractivity contribution in [2.45, 2.75) is 38.6 Å². The van der Waals surface area contributed by atoms with Crippen molar-refractivity contribution in [3.8, 4) is 0 Å². The van der Waals surface area contributed by atoms with E-state index >= 15 is 0 Å². The van der Waals surface area contributed by atoms with Gasteiger partial charge in [0.15, 0.2) is 0 Å². The minimum Gasteiger partial charge on any atom is -0.381 e. The first kappa shape index (κ1) is 14.5. The Kier molecular flexibility index (Phi) is 5.80. The summed E-state index contributed by atoms with van der Waals surface area (Å²) in [6.45, 7) is 4.67. The number of benzene rings is 1. The Morgan fingerprint density at radius 3 is 2.84 bits per heavy atom. The van der Waals surface area contributed by atoms with E-state index in [0.29, 0.717) is 0 Å². The number of hydrogen-bond acceptors (Lipinski definition) is 2. The molecule has 0 amide bonds. The summed E-state index contributed by atoms with van der Waals surface area (Å²) in [6, 6.07) is 7.11. The lowest BCUT2D eigenvalue weighted by molar-refractivity contribution is 0.121. The van der Waals surface area contributed by atoms with Crippen molar-refractivity contribution in [1.29, 1.82) is 0 Å². The first-order valence-corrected chi connectivity index (χ1v) is 7.36. The van der Waals surface area contributed by atoms with Crippen LogP contribution >= 0.6 is 0 Å². The molecule has 0 heterocycles. The van der Waals surface area contributed by atoms with Gasteiger partial charge in [0.2, 0.25) is 0 Å². The van der Waals surface area contributed by atoms with Crippen molar-refractivity contribution in [3.63, 3.8) is 0 Å². The topological polar surface area (TPSA) is 21.3 Å². The van der Waals surface area contributed by atoms with E-state index in [1.165, 1.54) is 18.9 Å². The maximum atomic E-state index is 13.7. The third-order valence-electron chi connectivity index (χ3n) is 3.60. The van der Waals surface area contributed by atoms with Gasteiger partial charge in [-0.25, -0.2) is 4.39 Å². The van der Waals surface area contributed by atoms with Gasteiger partial charge in [-0.1, -0.05) is 25.1 Å². The average Bonchev–Trinajstić information content (AvgIpc) is 3.23. The third kappa shape index (κ3) is 4.92. The molecule has 0 bridgehead atoms. The van der Waals surface area contributed by atoms with Crippen LogP contribution in [0.25, 0.3) is 0 Å². The number of halogens is 1. The van der Waals surface area contributed by atoms with E-state index in [1.807, 2.05) is 12.1 Å². The second kappa shape index (κ2) is 7.61. The molecule has 1 atom stereocenters. The first-order valence-electron chi connectivity index (χ1n) is 7.36. The molecule has 1 N–H and O–H groups in total. The molecule has 0 aliphatic heterocycles. The Bertz CT molecular complexity index is 379. The van der Waals surface area contributed by atoms with Crippen LogP contribution in [0.1, 0.15) is 44.2 Å². The summed E-state index contributed by atoms with van der Waals surface area (Å²) in [6.07, 6.45) is 4.55. The smallest absolute Gasteiger partial charge is 0.127 e. The lowest BCUT2D eigenvalue weighted by atomic mass is 10.0. The van der Waals surface area contributed by atoms with E-state index in [-0.39, 0.29) is 11.9 Å². The van der Waals surface area contributed by atoms with Gasteiger partial charge in [0.1, 0.15) is 5.82 Å². The quantitative estimate of drug-likeness (QED) is 0.688. The van der Waals surface area contributed by atoms with Crippen LogP contribution in [0.4, 0.5) is 4.39 Å². The highest BCUT2D eigenvalue weighted by Gasteiger charge is 2.20. The monoisotopic (exact) mass is 265 g/mol. The van der Waals surface area contributed by atoms with E-state index in [0.717, 1.165) is 44.1 Å². The first-order chi connectivity index (χ1) is 9.31. The van der Waals surface area contributed by atoms with Crippen molar-refractivity contribution >= 4 is 0 Å². The maximum absolute atomic E-state index is 13.7. The molecule has 0 saturated heterocycles. The van der Waals surface area contributed by atoms with E-state index in [4.69, 9.17) is 4.74 Å². The summed E-state index contributed by atoms with van der Waals surface area (Å²) < 4.78 is 19.3. The fraction of sp³-hybridized carbons (Fsp3) is 0.625. The summed E-state index contributed by atoms with van der Waals surface area (Å²) in [5.74, 6) is 0.710. The Morgan fingerprint density at radius 1 is 1.37 bits per heavy atom. The standard InChI is InChI=1S/C16H24FNO/c1-2-16(14-6-3-4-7-15(14)17)18-10-5-11-19-12-13-8-9-13/h3-4,6-7,13,16,18H,2,5,8-12H2,1H3.